The van der Waals surface area contributed by atoms with Gasteiger partial charge in [0.05, 0.1) is 28.5 Å². The molecule has 0 fully saturated rings. The second-order valence-corrected chi connectivity index (χ2v) is 10.6. The molecule has 1 amide bonds. The van der Waals surface area contributed by atoms with Gasteiger partial charge in [0.2, 0.25) is 5.91 Å². The number of hydrogen-bond donors (Lipinski definition) is 1. The Morgan fingerprint density at radius 3 is 2.78 bits per heavy atom. The molecule has 1 aliphatic carbocycles. The molecular formula is C23H25N3O3S3. The quantitative estimate of drug-likeness (QED) is 0.263. The number of fused-ring (bicyclic) bond motifs is 1. The highest BCUT2D eigenvalue weighted by Gasteiger charge is 2.23. The van der Waals surface area contributed by atoms with Gasteiger partial charge in [-0.3, -0.25) is 4.79 Å². The maximum absolute atomic E-state index is 12.7. The molecule has 3 aromatic rings. The number of thioether (sulfide) groups is 1. The third-order valence-corrected chi connectivity index (χ3v) is 8.21. The van der Waals surface area contributed by atoms with Crippen molar-refractivity contribution in [3.8, 4) is 10.6 Å². The number of carbonyl (C=O) groups excluding carboxylic acids is 2. The summed E-state index contributed by atoms with van der Waals surface area (Å²) >= 11 is 4.39. The lowest BCUT2D eigenvalue weighted by atomic mass is 9.94. The van der Waals surface area contributed by atoms with Crippen LogP contribution in [0.25, 0.3) is 10.6 Å². The average molecular weight is 488 g/mol. The standard InChI is InChI=1S/C23H25N3O3S3/c1-4-29-22(28)19-13(2)14(3)32-21(19)25-18(27)12-31-23-24-16-9-6-5-8-15(16)20(26-23)17-10-7-11-30-17/h7,10-11H,4-6,8-9,12H2,1-3H3,(H,25,27). The SMILES string of the molecule is CCOC(=O)c1c(NC(=O)CSc2nc3c(c(-c4cccs4)n2)CCCC3)sc(C)c1C. The van der Waals surface area contributed by atoms with Gasteiger partial charge in [-0.05, 0) is 63.5 Å². The fourth-order valence-corrected chi connectivity index (χ4v) is 6.18. The van der Waals surface area contributed by atoms with Crippen molar-refractivity contribution in [1.29, 1.82) is 0 Å². The number of amides is 1. The highest BCUT2D eigenvalue weighted by Crippen LogP contribution is 2.35. The number of nitrogens with zero attached hydrogens (tertiary/aromatic N) is 2. The number of rotatable bonds is 7. The molecule has 3 heterocycles. The third-order valence-electron chi connectivity index (χ3n) is 5.37. The van der Waals surface area contributed by atoms with Crippen LogP contribution in [0.4, 0.5) is 5.00 Å². The number of thiophene rings is 2. The molecule has 0 bridgehead atoms. The zero-order valence-electron chi connectivity index (χ0n) is 18.3. The molecule has 1 N–H and O–H groups in total. The minimum atomic E-state index is -0.407. The summed E-state index contributed by atoms with van der Waals surface area (Å²) < 4.78 is 5.17. The van der Waals surface area contributed by atoms with Crippen molar-refractivity contribution in [2.24, 2.45) is 0 Å². The zero-order chi connectivity index (χ0) is 22.7. The zero-order valence-corrected chi connectivity index (χ0v) is 20.8. The van der Waals surface area contributed by atoms with Crippen molar-refractivity contribution in [3.05, 3.63) is 44.8 Å². The Morgan fingerprint density at radius 1 is 1.22 bits per heavy atom. The summed E-state index contributed by atoms with van der Waals surface area (Å²) in [5, 5.41) is 6.10. The Balaban J connectivity index is 1.50. The molecule has 0 atom stereocenters. The largest absolute Gasteiger partial charge is 0.462 e. The molecule has 0 unspecified atom stereocenters. The van der Waals surface area contributed by atoms with E-state index in [1.807, 2.05) is 19.9 Å². The highest BCUT2D eigenvalue weighted by atomic mass is 32.2. The van der Waals surface area contributed by atoms with Gasteiger partial charge in [0.15, 0.2) is 5.16 Å². The summed E-state index contributed by atoms with van der Waals surface area (Å²) in [4.78, 5) is 36.7. The van der Waals surface area contributed by atoms with Crippen LogP contribution in [-0.2, 0) is 22.4 Å². The fraction of sp³-hybridized carbons (Fsp3) is 0.391. The first kappa shape index (κ1) is 22.9. The first-order valence-electron chi connectivity index (χ1n) is 10.6. The number of aromatic nitrogens is 2. The summed E-state index contributed by atoms with van der Waals surface area (Å²) in [6, 6.07) is 4.12. The van der Waals surface area contributed by atoms with Crippen molar-refractivity contribution < 1.29 is 14.3 Å². The van der Waals surface area contributed by atoms with Crippen molar-refractivity contribution in [2.75, 3.05) is 17.7 Å². The molecule has 4 rings (SSSR count). The van der Waals surface area contributed by atoms with E-state index in [0.29, 0.717) is 22.3 Å². The Labute approximate surface area is 199 Å². The van der Waals surface area contributed by atoms with Gasteiger partial charge < -0.3 is 10.1 Å². The number of nitrogens with one attached hydrogen (secondary N) is 1. The van der Waals surface area contributed by atoms with Gasteiger partial charge in [-0.25, -0.2) is 14.8 Å². The van der Waals surface area contributed by atoms with Crippen molar-refractivity contribution >= 4 is 51.3 Å². The Hall–Kier alpha value is -2.23. The molecule has 0 aromatic carbocycles. The van der Waals surface area contributed by atoms with Gasteiger partial charge in [-0.15, -0.1) is 22.7 Å². The highest BCUT2D eigenvalue weighted by molar-refractivity contribution is 7.99. The van der Waals surface area contributed by atoms with Gasteiger partial charge in [-0.1, -0.05) is 17.8 Å². The monoisotopic (exact) mass is 487 g/mol. The molecule has 0 radical (unpaired) electrons. The van der Waals surface area contributed by atoms with Crippen LogP contribution < -0.4 is 5.32 Å². The lowest BCUT2D eigenvalue weighted by molar-refractivity contribution is -0.113. The van der Waals surface area contributed by atoms with E-state index in [4.69, 9.17) is 14.7 Å². The molecule has 0 spiro atoms. The van der Waals surface area contributed by atoms with Crippen molar-refractivity contribution in [1.82, 2.24) is 9.97 Å². The van der Waals surface area contributed by atoms with E-state index in [2.05, 4.69) is 16.8 Å². The van der Waals surface area contributed by atoms with Crippen LogP contribution in [0.5, 0.6) is 0 Å². The van der Waals surface area contributed by atoms with Gasteiger partial charge in [-0.2, -0.15) is 0 Å². The summed E-state index contributed by atoms with van der Waals surface area (Å²) in [7, 11) is 0. The number of esters is 1. The van der Waals surface area contributed by atoms with Crippen LogP contribution in [0.15, 0.2) is 22.7 Å². The minimum Gasteiger partial charge on any atom is -0.462 e. The van der Waals surface area contributed by atoms with Gasteiger partial charge in [0, 0.05) is 16.1 Å². The predicted octanol–water partition coefficient (Wildman–Crippen LogP) is 5.67. The Bertz CT molecular complexity index is 1140. The minimum absolute atomic E-state index is 0.168. The van der Waals surface area contributed by atoms with E-state index in [-0.39, 0.29) is 11.7 Å². The molecule has 6 nitrogen and oxygen atoms in total. The summed E-state index contributed by atoms with van der Waals surface area (Å²) in [5.41, 5.74) is 4.64. The lowest BCUT2D eigenvalue weighted by Gasteiger charge is -2.18. The van der Waals surface area contributed by atoms with Gasteiger partial charge >= 0.3 is 5.97 Å². The Morgan fingerprint density at radius 2 is 2.03 bits per heavy atom. The number of anilines is 1. The number of ether oxygens (including phenoxy) is 1. The number of aryl methyl sites for hydroxylation is 2. The van der Waals surface area contributed by atoms with E-state index in [0.717, 1.165) is 52.4 Å². The first-order chi connectivity index (χ1) is 15.5. The van der Waals surface area contributed by atoms with Crippen LogP contribution >= 0.6 is 34.4 Å². The van der Waals surface area contributed by atoms with E-state index in [1.165, 1.54) is 28.7 Å². The normalized spacial score (nSPS) is 13.0. The molecule has 0 aliphatic heterocycles. The first-order valence-corrected chi connectivity index (χ1v) is 13.3. The lowest BCUT2D eigenvalue weighted by Crippen LogP contribution is -2.17. The smallest absolute Gasteiger partial charge is 0.341 e. The predicted molar refractivity (Wildman–Crippen MR) is 131 cm³/mol. The fourth-order valence-electron chi connectivity index (χ4n) is 3.71. The number of carbonyl (C=O) groups is 2. The summed E-state index contributed by atoms with van der Waals surface area (Å²) in [6.45, 7) is 5.86. The average Bonchev–Trinajstić information content (AvgIpc) is 3.40. The van der Waals surface area contributed by atoms with Crippen LogP contribution in [0.3, 0.4) is 0 Å². The number of hydrogen-bond acceptors (Lipinski definition) is 8. The van der Waals surface area contributed by atoms with E-state index >= 15 is 0 Å². The van der Waals surface area contributed by atoms with Gasteiger partial charge in [0.1, 0.15) is 5.00 Å². The van der Waals surface area contributed by atoms with Crippen molar-refractivity contribution in [3.63, 3.8) is 0 Å². The van der Waals surface area contributed by atoms with Crippen LogP contribution in [0.2, 0.25) is 0 Å². The molecule has 0 saturated carbocycles. The molecule has 1 aliphatic rings. The third kappa shape index (κ3) is 4.89. The molecule has 9 heteroatoms. The second-order valence-electron chi connectivity index (χ2n) is 7.51. The van der Waals surface area contributed by atoms with Crippen molar-refractivity contribution in [2.45, 2.75) is 51.6 Å². The van der Waals surface area contributed by atoms with Crippen LogP contribution in [0.1, 0.15) is 51.8 Å². The maximum Gasteiger partial charge on any atom is 0.341 e. The summed E-state index contributed by atoms with van der Waals surface area (Å²) in [5.74, 6) is -0.433. The molecule has 168 valence electrons. The summed E-state index contributed by atoms with van der Waals surface area (Å²) in [6.07, 6.45) is 4.24. The van der Waals surface area contributed by atoms with E-state index in [9.17, 15) is 9.59 Å². The molecule has 3 aromatic heterocycles. The Kier molecular flexibility index (Phi) is 7.27. The molecular weight excluding hydrogens is 462 g/mol. The van der Waals surface area contributed by atoms with E-state index < -0.39 is 5.97 Å². The maximum atomic E-state index is 12.7. The van der Waals surface area contributed by atoms with Crippen LogP contribution in [0, 0.1) is 13.8 Å². The second kappa shape index (κ2) is 10.1. The molecule has 32 heavy (non-hydrogen) atoms. The topological polar surface area (TPSA) is 81.2 Å². The van der Waals surface area contributed by atoms with Crippen LogP contribution in [-0.4, -0.2) is 34.2 Å². The molecule has 0 saturated heterocycles. The van der Waals surface area contributed by atoms with E-state index in [1.54, 1.807) is 18.3 Å². The van der Waals surface area contributed by atoms with Gasteiger partial charge in [0.25, 0.3) is 0 Å².